The van der Waals surface area contributed by atoms with Crippen LogP contribution in [0.5, 0.6) is 0 Å². The fraction of sp³-hybridized carbons (Fsp3) is 0.750. The van der Waals surface area contributed by atoms with Crippen LogP contribution in [0.2, 0.25) is 0 Å². The first-order chi connectivity index (χ1) is 12.7. The van der Waals surface area contributed by atoms with Gasteiger partial charge in [0.1, 0.15) is 6.10 Å². The molecule has 0 saturated carbocycles. The fourth-order valence-electron chi connectivity index (χ4n) is 4.51. The molecule has 2 fully saturated rings. The Morgan fingerprint density at radius 1 is 1.30 bits per heavy atom. The predicted octanol–water partition coefficient (Wildman–Crippen LogP) is 1.46. The third-order valence-electron chi connectivity index (χ3n) is 6.21. The Morgan fingerprint density at radius 3 is 2.52 bits per heavy atom. The van der Waals surface area contributed by atoms with Crippen LogP contribution in [0.4, 0.5) is 0 Å². The molecule has 0 radical (unpaired) electrons. The summed E-state index contributed by atoms with van der Waals surface area (Å²) in [6.07, 6.45) is 3.40. The van der Waals surface area contributed by atoms with Gasteiger partial charge in [-0.1, -0.05) is 0 Å². The van der Waals surface area contributed by atoms with Crippen LogP contribution in [0, 0.1) is 19.3 Å². The summed E-state index contributed by atoms with van der Waals surface area (Å²) in [5.74, 6) is 0.103. The molecule has 1 atom stereocenters. The maximum atomic E-state index is 12.7. The van der Waals surface area contributed by atoms with Crippen LogP contribution in [-0.4, -0.2) is 71.3 Å². The summed E-state index contributed by atoms with van der Waals surface area (Å²) in [6, 6.07) is 0. The summed E-state index contributed by atoms with van der Waals surface area (Å²) in [4.78, 5) is 29.1. The van der Waals surface area contributed by atoms with Crippen molar-refractivity contribution in [3.8, 4) is 0 Å². The third-order valence-corrected chi connectivity index (χ3v) is 6.21. The largest absolute Gasteiger partial charge is 0.461 e. The minimum absolute atomic E-state index is 0.0220. The van der Waals surface area contributed by atoms with E-state index in [1.54, 1.807) is 0 Å². The summed E-state index contributed by atoms with van der Waals surface area (Å²) in [6.45, 7) is 6.09. The molecule has 27 heavy (non-hydrogen) atoms. The number of aromatic nitrogens is 2. The number of amides is 1. The van der Waals surface area contributed by atoms with Gasteiger partial charge >= 0.3 is 5.97 Å². The molecule has 1 spiro atoms. The molecule has 0 bridgehead atoms. The van der Waals surface area contributed by atoms with E-state index < -0.39 is 0 Å². The second kappa shape index (κ2) is 7.62. The van der Waals surface area contributed by atoms with Crippen molar-refractivity contribution >= 4 is 11.9 Å². The molecule has 3 rings (SSSR count). The van der Waals surface area contributed by atoms with Gasteiger partial charge in [0.25, 0.3) is 0 Å². The number of carbonyl (C=O) groups is 2. The lowest BCUT2D eigenvalue weighted by molar-refractivity contribution is -0.152. The average Bonchev–Trinajstić information content (AvgIpc) is 3.01. The van der Waals surface area contributed by atoms with E-state index in [1.165, 1.54) is 5.56 Å². The zero-order chi connectivity index (χ0) is 19.8. The normalized spacial score (nSPS) is 21.9. The first-order valence-electron chi connectivity index (χ1n) is 9.84. The summed E-state index contributed by atoms with van der Waals surface area (Å²) >= 11 is 0. The van der Waals surface area contributed by atoms with Gasteiger partial charge in [0, 0.05) is 45.2 Å². The van der Waals surface area contributed by atoms with Crippen molar-refractivity contribution in [2.75, 3.05) is 33.7 Å². The number of nitrogens with zero attached hydrogens (tertiary/aromatic N) is 4. The number of hydrogen-bond donors (Lipinski definition) is 0. The third kappa shape index (κ3) is 4.03. The van der Waals surface area contributed by atoms with Gasteiger partial charge in [0.2, 0.25) is 5.91 Å². The smallest absolute Gasteiger partial charge is 0.312 e. The average molecular weight is 377 g/mol. The Bertz CT molecular complexity index is 717. The lowest BCUT2D eigenvalue weighted by atomic mass is 9.76. The van der Waals surface area contributed by atoms with Crippen molar-refractivity contribution in [1.29, 1.82) is 0 Å². The molecule has 2 saturated heterocycles. The van der Waals surface area contributed by atoms with Crippen LogP contribution >= 0.6 is 0 Å². The Labute approximate surface area is 161 Å². The van der Waals surface area contributed by atoms with E-state index in [4.69, 9.17) is 4.74 Å². The van der Waals surface area contributed by atoms with Gasteiger partial charge in [-0.2, -0.15) is 5.10 Å². The first kappa shape index (κ1) is 19.9. The monoisotopic (exact) mass is 376 g/mol. The number of likely N-dealkylation sites (tertiary alicyclic amines) is 1. The lowest BCUT2D eigenvalue weighted by Gasteiger charge is -2.36. The van der Waals surface area contributed by atoms with Crippen molar-refractivity contribution in [3.63, 3.8) is 0 Å². The molecular weight excluding hydrogens is 344 g/mol. The maximum Gasteiger partial charge on any atom is 0.312 e. The van der Waals surface area contributed by atoms with Gasteiger partial charge in [-0.05, 0) is 52.8 Å². The summed E-state index contributed by atoms with van der Waals surface area (Å²) in [5.41, 5.74) is 2.92. The summed E-state index contributed by atoms with van der Waals surface area (Å²) in [5, 5.41) is 4.42. The second-order valence-electron chi connectivity index (χ2n) is 8.43. The van der Waals surface area contributed by atoms with Crippen molar-refractivity contribution < 1.29 is 14.3 Å². The topological polar surface area (TPSA) is 67.7 Å². The second-order valence-corrected chi connectivity index (χ2v) is 8.43. The molecule has 1 unspecified atom stereocenters. The van der Waals surface area contributed by atoms with E-state index in [1.807, 2.05) is 44.6 Å². The highest BCUT2D eigenvalue weighted by Crippen LogP contribution is 2.43. The number of cyclic esters (lactones) is 1. The molecule has 150 valence electrons. The molecule has 7 heteroatoms. The van der Waals surface area contributed by atoms with Crippen molar-refractivity contribution in [1.82, 2.24) is 19.6 Å². The number of ether oxygens (including phenoxy) is 1. The Kier molecular flexibility index (Phi) is 5.60. The van der Waals surface area contributed by atoms with Gasteiger partial charge in [-0.25, -0.2) is 0 Å². The van der Waals surface area contributed by atoms with E-state index in [-0.39, 0.29) is 23.4 Å². The fourth-order valence-corrected chi connectivity index (χ4v) is 4.51. The Morgan fingerprint density at radius 2 is 1.96 bits per heavy atom. The van der Waals surface area contributed by atoms with Crippen LogP contribution in [0.25, 0.3) is 0 Å². The molecule has 1 aromatic heterocycles. The number of rotatable bonds is 5. The molecular formula is C20H32N4O3. The van der Waals surface area contributed by atoms with E-state index >= 15 is 0 Å². The molecule has 3 heterocycles. The van der Waals surface area contributed by atoms with E-state index in [0.29, 0.717) is 32.4 Å². The molecule has 0 aromatic carbocycles. The first-order valence-corrected chi connectivity index (χ1v) is 9.84. The van der Waals surface area contributed by atoms with Gasteiger partial charge in [-0.3, -0.25) is 14.3 Å². The number of likely N-dealkylation sites (N-methyl/N-ethyl adjacent to an activating group) is 1. The molecule has 0 aliphatic carbocycles. The zero-order valence-corrected chi connectivity index (χ0v) is 17.2. The van der Waals surface area contributed by atoms with Gasteiger partial charge in [-0.15, -0.1) is 0 Å². The van der Waals surface area contributed by atoms with Crippen LogP contribution in [0.1, 0.15) is 42.6 Å². The SMILES string of the molecule is Cc1nn(C)c(C)c1CCC(=O)N1CCC2(CC1)CC(CN(C)C)OC2=O. The van der Waals surface area contributed by atoms with Crippen LogP contribution < -0.4 is 0 Å². The van der Waals surface area contributed by atoms with Gasteiger partial charge in [0.15, 0.2) is 0 Å². The number of carbonyl (C=O) groups excluding carboxylic acids is 2. The Hall–Kier alpha value is -1.89. The molecule has 1 amide bonds. The van der Waals surface area contributed by atoms with Crippen molar-refractivity contribution in [2.45, 2.75) is 52.1 Å². The van der Waals surface area contributed by atoms with Crippen LogP contribution in [-0.2, 0) is 27.8 Å². The molecule has 1 aromatic rings. The molecule has 0 N–H and O–H groups in total. The highest BCUT2D eigenvalue weighted by Gasteiger charge is 2.50. The minimum atomic E-state index is -0.381. The summed E-state index contributed by atoms with van der Waals surface area (Å²) in [7, 11) is 5.92. The number of hydrogen-bond acceptors (Lipinski definition) is 5. The number of piperidine rings is 1. The number of aryl methyl sites for hydroxylation is 2. The van der Waals surface area contributed by atoms with Crippen molar-refractivity contribution in [2.24, 2.45) is 12.5 Å². The highest BCUT2D eigenvalue weighted by atomic mass is 16.6. The van der Waals surface area contributed by atoms with Crippen LogP contribution in [0.15, 0.2) is 0 Å². The van der Waals surface area contributed by atoms with E-state index in [2.05, 4.69) is 10.00 Å². The van der Waals surface area contributed by atoms with Gasteiger partial charge in [0.05, 0.1) is 11.1 Å². The quantitative estimate of drug-likeness (QED) is 0.728. The Balaban J connectivity index is 1.53. The van der Waals surface area contributed by atoms with E-state index in [9.17, 15) is 9.59 Å². The standard InChI is InChI=1S/C20H32N4O3/c1-14-17(15(2)23(5)21-14)6-7-18(25)24-10-8-20(9-11-24)12-16(13-22(3)4)27-19(20)26/h16H,6-13H2,1-5H3. The molecule has 2 aliphatic rings. The summed E-state index contributed by atoms with van der Waals surface area (Å²) < 4.78 is 7.47. The van der Waals surface area contributed by atoms with Crippen LogP contribution in [0.3, 0.4) is 0 Å². The number of esters is 1. The molecule has 2 aliphatic heterocycles. The van der Waals surface area contributed by atoms with Crippen molar-refractivity contribution in [3.05, 3.63) is 17.0 Å². The lowest BCUT2D eigenvalue weighted by Crippen LogP contribution is -2.45. The maximum absolute atomic E-state index is 12.7. The predicted molar refractivity (Wildman–Crippen MR) is 102 cm³/mol. The zero-order valence-electron chi connectivity index (χ0n) is 17.2. The molecule has 7 nitrogen and oxygen atoms in total. The van der Waals surface area contributed by atoms with E-state index in [0.717, 1.165) is 30.8 Å². The van der Waals surface area contributed by atoms with Gasteiger partial charge < -0.3 is 14.5 Å². The minimum Gasteiger partial charge on any atom is -0.461 e. The highest BCUT2D eigenvalue weighted by molar-refractivity contribution is 5.81.